The van der Waals surface area contributed by atoms with Crippen molar-refractivity contribution in [1.82, 2.24) is 9.97 Å². The summed E-state index contributed by atoms with van der Waals surface area (Å²) in [6, 6.07) is 9.32. The predicted molar refractivity (Wildman–Crippen MR) is 100 cm³/mol. The van der Waals surface area contributed by atoms with Crippen molar-refractivity contribution in [2.75, 3.05) is 5.73 Å². The Bertz CT molecular complexity index is 941. The second-order valence-corrected chi connectivity index (χ2v) is 6.27. The van der Waals surface area contributed by atoms with Gasteiger partial charge in [-0.25, -0.2) is 4.79 Å². The first-order chi connectivity index (χ1) is 12.6. The Kier molecular flexibility index (Phi) is 5.31. The molecule has 2 aromatic heterocycles. The van der Waals surface area contributed by atoms with Crippen molar-refractivity contribution >= 4 is 22.6 Å². The molecule has 1 aliphatic carbocycles. The van der Waals surface area contributed by atoms with Crippen molar-refractivity contribution in [2.24, 2.45) is 0 Å². The number of nitrogen functional groups attached to an aromatic ring is 1. The highest BCUT2D eigenvalue weighted by Crippen LogP contribution is 2.30. The van der Waals surface area contributed by atoms with Crippen molar-refractivity contribution in [3.8, 4) is 5.75 Å². The van der Waals surface area contributed by atoms with Crippen molar-refractivity contribution in [3.63, 3.8) is 0 Å². The maximum absolute atomic E-state index is 10.2. The third-order valence-corrected chi connectivity index (χ3v) is 4.43. The molecule has 1 aromatic carbocycles. The van der Waals surface area contributed by atoms with Crippen LogP contribution < -0.4 is 5.73 Å². The van der Waals surface area contributed by atoms with Gasteiger partial charge in [-0.15, -0.1) is 0 Å². The number of hydrogen-bond donors (Lipinski definition) is 3. The predicted octanol–water partition coefficient (Wildman–Crippen LogP) is 3.57. The molecule has 0 unspecified atom stereocenters. The Balaban J connectivity index is 0.000000170. The molecule has 0 aliphatic heterocycles. The van der Waals surface area contributed by atoms with Crippen LogP contribution in [-0.2, 0) is 12.8 Å². The van der Waals surface area contributed by atoms with Crippen molar-refractivity contribution < 1.29 is 15.0 Å². The molecule has 0 saturated carbocycles. The number of pyridine rings is 2. The number of benzene rings is 1. The standard InChI is InChI=1S/C14H16N2.C6H5NO3/c15-14-10-6-2-1-3-8-12(10)16-13-9-5-4-7-11(13)14;8-5-1-4(6(9)10)2-7-3-5/h4-5,7,9H,1-3,6,8H2,(H2,15,16);1-3,8H,(H,9,10). The highest BCUT2D eigenvalue weighted by Gasteiger charge is 2.14. The smallest absolute Gasteiger partial charge is 0.337 e. The minimum Gasteiger partial charge on any atom is -0.506 e. The molecule has 0 fully saturated rings. The lowest BCUT2D eigenvalue weighted by molar-refractivity contribution is 0.0696. The number of aryl methyl sites for hydroxylation is 1. The number of nitrogens with zero attached hydrogens (tertiary/aromatic N) is 2. The van der Waals surface area contributed by atoms with E-state index < -0.39 is 5.97 Å². The van der Waals surface area contributed by atoms with E-state index in [9.17, 15) is 4.79 Å². The van der Waals surface area contributed by atoms with Gasteiger partial charge >= 0.3 is 5.97 Å². The van der Waals surface area contributed by atoms with Crippen molar-refractivity contribution in [3.05, 3.63) is 59.5 Å². The molecule has 26 heavy (non-hydrogen) atoms. The van der Waals surface area contributed by atoms with E-state index in [1.165, 1.54) is 42.9 Å². The molecule has 2 heterocycles. The molecule has 6 heteroatoms. The number of hydrogen-bond acceptors (Lipinski definition) is 5. The molecule has 0 radical (unpaired) electrons. The zero-order valence-electron chi connectivity index (χ0n) is 14.4. The van der Waals surface area contributed by atoms with Gasteiger partial charge in [-0.1, -0.05) is 24.6 Å². The number of carboxylic acid groups (broad SMARTS) is 1. The molecule has 4 N–H and O–H groups in total. The summed E-state index contributed by atoms with van der Waals surface area (Å²) in [4.78, 5) is 18.4. The van der Waals surface area contributed by atoms with Crippen LogP contribution in [0.3, 0.4) is 0 Å². The van der Waals surface area contributed by atoms with Crippen LogP contribution in [0, 0.1) is 0 Å². The van der Waals surface area contributed by atoms with E-state index in [4.69, 9.17) is 20.9 Å². The molecule has 0 atom stereocenters. The summed E-state index contributed by atoms with van der Waals surface area (Å²) in [5, 5.41) is 18.2. The fraction of sp³-hybridized carbons (Fsp3) is 0.250. The van der Waals surface area contributed by atoms with Gasteiger partial charge in [0.1, 0.15) is 5.75 Å². The fourth-order valence-electron chi connectivity index (χ4n) is 3.13. The minimum atomic E-state index is -1.09. The average molecular weight is 351 g/mol. The van der Waals surface area contributed by atoms with E-state index in [0.717, 1.165) is 35.5 Å². The van der Waals surface area contributed by atoms with Crippen molar-refractivity contribution in [1.29, 1.82) is 0 Å². The Hall–Kier alpha value is -3.15. The van der Waals surface area contributed by atoms with Crippen LogP contribution >= 0.6 is 0 Å². The van der Waals surface area contributed by atoms with Crippen LogP contribution in [0.15, 0.2) is 42.7 Å². The first kappa shape index (κ1) is 17.7. The van der Waals surface area contributed by atoms with E-state index >= 15 is 0 Å². The molecule has 134 valence electrons. The molecule has 0 bridgehead atoms. The first-order valence-corrected chi connectivity index (χ1v) is 8.59. The number of para-hydroxylation sites is 1. The van der Waals surface area contributed by atoms with Gasteiger partial charge in [0.2, 0.25) is 0 Å². The molecule has 3 aromatic rings. The molecule has 6 nitrogen and oxygen atoms in total. The second kappa shape index (κ2) is 7.82. The van der Waals surface area contributed by atoms with Crippen LogP contribution in [0.1, 0.15) is 40.9 Å². The van der Waals surface area contributed by atoms with E-state index in [1.807, 2.05) is 12.1 Å². The number of carboxylic acids is 1. The number of anilines is 1. The second-order valence-electron chi connectivity index (χ2n) is 6.27. The van der Waals surface area contributed by atoms with Crippen LogP contribution in [0.2, 0.25) is 0 Å². The number of aromatic carboxylic acids is 1. The van der Waals surface area contributed by atoms with E-state index in [-0.39, 0.29) is 11.3 Å². The molecule has 1 aliphatic rings. The van der Waals surface area contributed by atoms with E-state index in [0.29, 0.717) is 0 Å². The minimum absolute atomic E-state index is 0.0139. The quantitative estimate of drug-likeness (QED) is 0.578. The number of aromatic hydroxyl groups is 1. The summed E-state index contributed by atoms with van der Waals surface area (Å²) in [5.74, 6) is -1.23. The summed E-state index contributed by atoms with van der Waals surface area (Å²) >= 11 is 0. The first-order valence-electron chi connectivity index (χ1n) is 8.59. The van der Waals surface area contributed by atoms with Crippen LogP contribution in [-0.4, -0.2) is 26.2 Å². The van der Waals surface area contributed by atoms with Crippen LogP contribution in [0.5, 0.6) is 5.75 Å². The van der Waals surface area contributed by atoms with Gasteiger partial charge in [0, 0.05) is 23.0 Å². The summed E-state index contributed by atoms with van der Waals surface area (Å²) in [5.41, 5.74) is 10.8. The summed E-state index contributed by atoms with van der Waals surface area (Å²) in [7, 11) is 0. The topological polar surface area (TPSA) is 109 Å². The van der Waals surface area contributed by atoms with Gasteiger partial charge in [0.15, 0.2) is 0 Å². The highest BCUT2D eigenvalue weighted by atomic mass is 16.4. The summed E-state index contributed by atoms with van der Waals surface area (Å²) < 4.78 is 0. The fourth-order valence-corrected chi connectivity index (χ4v) is 3.13. The summed E-state index contributed by atoms with van der Waals surface area (Å²) in [6.45, 7) is 0. The maximum atomic E-state index is 10.2. The van der Waals surface area contributed by atoms with Crippen molar-refractivity contribution in [2.45, 2.75) is 32.1 Å². The lowest BCUT2D eigenvalue weighted by Crippen LogP contribution is -2.02. The Labute approximate surface area is 151 Å². The molecule has 0 amide bonds. The van der Waals surface area contributed by atoms with E-state index in [1.54, 1.807) is 0 Å². The van der Waals surface area contributed by atoms with Gasteiger partial charge < -0.3 is 15.9 Å². The number of rotatable bonds is 1. The summed E-state index contributed by atoms with van der Waals surface area (Å²) in [6.07, 6.45) is 8.32. The van der Waals surface area contributed by atoms with Gasteiger partial charge in [0.25, 0.3) is 0 Å². The zero-order valence-corrected chi connectivity index (χ0v) is 14.4. The third-order valence-electron chi connectivity index (χ3n) is 4.43. The highest BCUT2D eigenvalue weighted by molar-refractivity contribution is 5.92. The van der Waals surface area contributed by atoms with Crippen LogP contribution in [0.25, 0.3) is 10.9 Å². The zero-order chi connectivity index (χ0) is 18.5. The maximum Gasteiger partial charge on any atom is 0.337 e. The third kappa shape index (κ3) is 3.91. The number of carbonyl (C=O) groups is 1. The van der Waals surface area contributed by atoms with Gasteiger partial charge in [0.05, 0.1) is 17.3 Å². The number of aromatic nitrogens is 2. The monoisotopic (exact) mass is 351 g/mol. The lowest BCUT2D eigenvalue weighted by atomic mass is 10.0. The molecule has 4 rings (SSSR count). The van der Waals surface area contributed by atoms with Crippen LogP contribution in [0.4, 0.5) is 5.69 Å². The normalized spacial score (nSPS) is 13.2. The van der Waals surface area contributed by atoms with Gasteiger partial charge in [-0.3, -0.25) is 9.97 Å². The van der Waals surface area contributed by atoms with Gasteiger partial charge in [-0.2, -0.15) is 0 Å². The Morgan fingerprint density at radius 1 is 1.08 bits per heavy atom. The SMILES string of the molecule is Nc1c2c(nc3ccccc13)CCCCC2.O=C(O)c1cncc(O)c1. The Morgan fingerprint density at radius 3 is 2.58 bits per heavy atom. The molecular formula is C20H21N3O3. The van der Waals surface area contributed by atoms with E-state index in [2.05, 4.69) is 17.1 Å². The lowest BCUT2D eigenvalue weighted by Gasteiger charge is -2.11. The molecule has 0 saturated heterocycles. The number of nitrogens with two attached hydrogens (primary N) is 1. The molecule has 0 spiro atoms. The number of fused-ring (bicyclic) bond motifs is 2. The average Bonchev–Trinajstić information content (AvgIpc) is 2.88. The Morgan fingerprint density at radius 2 is 1.85 bits per heavy atom. The van der Waals surface area contributed by atoms with Gasteiger partial charge in [-0.05, 0) is 43.4 Å². The largest absolute Gasteiger partial charge is 0.506 e. The molecular weight excluding hydrogens is 330 g/mol.